The first-order valence-electron chi connectivity index (χ1n) is 7.00. The van der Waals surface area contributed by atoms with E-state index in [9.17, 15) is 0 Å². The fraction of sp³-hybridized carbons (Fsp3) is 0.235. The minimum atomic E-state index is 0.0155. The molecule has 0 aliphatic rings. The van der Waals surface area contributed by atoms with Gasteiger partial charge in [0.2, 0.25) is 0 Å². The number of hydrogen-bond acceptors (Lipinski definition) is 3. The fourth-order valence-corrected chi connectivity index (χ4v) is 2.28. The Balaban J connectivity index is 2.11. The van der Waals surface area contributed by atoms with Crippen molar-refractivity contribution in [1.82, 2.24) is 5.32 Å². The van der Waals surface area contributed by atoms with Crippen LogP contribution in [0.4, 0.5) is 0 Å². The Bertz CT molecular complexity index is 596. The zero-order valence-corrected chi connectivity index (χ0v) is 12.2. The lowest BCUT2D eigenvalue weighted by Crippen LogP contribution is -2.26. The molecule has 21 heavy (non-hydrogen) atoms. The molecule has 2 aromatic rings. The number of hydrogen-bond donors (Lipinski definition) is 3. The van der Waals surface area contributed by atoms with Crippen molar-refractivity contribution in [2.75, 3.05) is 0 Å². The van der Waals surface area contributed by atoms with E-state index in [1.165, 1.54) is 11.1 Å². The van der Waals surface area contributed by atoms with E-state index in [-0.39, 0.29) is 11.9 Å². The first kappa shape index (κ1) is 15.1. The highest BCUT2D eigenvalue weighted by Gasteiger charge is 2.13. The summed E-state index contributed by atoms with van der Waals surface area (Å²) in [6, 6.07) is 18.3. The van der Waals surface area contributed by atoms with Gasteiger partial charge in [-0.15, -0.1) is 0 Å². The number of nitrogens with two attached hydrogens (primary N) is 1. The molecule has 1 atom stereocenters. The van der Waals surface area contributed by atoms with Crippen molar-refractivity contribution in [1.29, 1.82) is 0 Å². The molecule has 110 valence electrons. The van der Waals surface area contributed by atoms with Crippen molar-refractivity contribution in [3.8, 4) is 0 Å². The van der Waals surface area contributed by atoms with Crippen molar-refractivity contribution in [3.63, 3.8) is 0 Å². The second kappa shape index (κ2) is 7.45. The SMILES string of the molecule is Cc1ccccc1CNC(CC(N)=NO)c1ccccc1. The van der Waals surface area contributed by atoms with Gasteiger partial charge in [0.1, 0.15) is 5.84 Å². The van der Waals surface area contributed by atoms with E-state index < -0.39 is 0 Å². The van der Waals surface area contributed by atoms with E-state index in [1.807, 2.05) is 42.5 Å². The van der Waals surface area contributed by atoms with Crippen LogP contribution in [0.5, 0.6) is 0 Å². The van der Waals surface area contributed by atoms with Crippen LogP contribution >= 0.6 is 0 Å². The molecule has 0 aliphatic heterocycles. The zero-order valence-electron chi connectivity index (χ0n) is 12.2. The highest BCUT2D eigenvalue weighted by atomic mass is 16.4. The summed E-state index contributed by atoms with van der Waals surface area (Å²) in [5.74, 6) is 0.223. The Morgan fingerprint density at radius 3 is 2.48 bits per heavy atom. The van der Waals surface area contributed by atoms with E-state index in [0.29, 0.717) is 6.42 Å². The molecule has 4 N–H and O–H groups in total. The van der Waals surface area contributed by atoms with Gasteiger partial charge in [-0.25, -0.2) is 0 Å². The van der Waals surface area contributed by atoms with E-state index in [4.69, 9.17) is 10.9 Å². The smallest absolute Gasteiger partial charge is 0.141 e. The number of nitrogens with one attached hydrogen (secondary N) is 1. The average molecular weight is 283 g/mol. The van der Waals surface area contributed by atoms with Crippen molar-refractivity contribution in [3.05, 3.63) is 71.3 Å². The maximum Gasteiger partial charge on any atom is 0.141 e. The molecule has 0 aliphatic carbocycles. The first-order valence-corrected chi connectivity index (χ1v) is 7.00. The van der Waals surface area contributed by atoms with Gasteiger partial charge in [-0.3, -0.25) is 0 Å². The molecule has 0 spiro atoms. The van der Waals surface area contributed by atoms with Gasteiger partial charge in [-0.1, -0.05) is 59.8 Å². The molecule has 0 amide bonds. The van der Waals surface area contributed by atoms with Crippen LogP contribution in [0.3, 0.4) is 0 Å². The normalized spacial score (nSPS) is 13.1. The molecular formula is C17H21N3O. The third-order valence-electron chi connectivity index (χ3n) is 3.54. The minimum absolute atomic E-state index is 0.0155. The number of benzene rings is 2. The van der Waals surface area contributed by atoms with Gasteiger partial charge < -0.3 is 16.3 Å². The third-order valence-corrected chi connectivity index (χ3v) is 3.54. The van der Waals surface area contributed by atoms with Crippen molar-refractivity contribution >= 4 is 5.84 Å². The summed E-state index contributed by atoms with van der Waals surface area (Å²) in [7, 11) is 0. The molecule has 0 saturated carbocycles. The lowest BCUT2D eigenvalue weighted by molar-refractivity contribution is 0.315. The van der Waals surface area contributed by atoms with Crippen LogP contribution in [0.15, 0.2) is 59.8 Å². The van der Waals surface area contributed by atoms with Gasteiger partial charge in [0.25, 0.3) is 0 Å². The van der Waals surface area contributed by atoms with E-state index >= 15 is 0 Å². The van der Waals surface area contributed by atoms with Crippen molar-refractivity contribution < 1.29 is 5.21 Å². The Hall–Kier alpha value is -2.33. The minimum Gasteiger partial charge on any atom is -0.409 e. The number of nitrogens with zero attached hydrogens (tertiary/aromatic N) is 1. The van der Waals surface area contributed by atoms with Crippen molar-refractivity contribution in [2.24, 2.45) is 10.9 Å². The first-order chi connectivity index (χ1) is 10.2. The third kappa shape index (κ3) is 4.33. The molecule has 0 bridgehead atoms. The Morgan fingerprint density at radius 1 is 1.14 bits per heavy atom. The Labute approximate surface area is 125 Å². The number of aryl methyl sites for hydroxylation is 1. The molecule has 4 nitrogen and oxygen atoms in total. The van der Waals surface area contributed by atoms with Gasteiger partial charge >= 0.3 is 0 Å². The van der Waals surface area contributed by atoms with Crippen LogP contribution in [0, 0.1) is 6.92 Å². The second-order valence-electron chi connectivity index (χ2n) is 5.07. The van der Waals surface area contributed by atoms with Crippen LogP contribution in [0.2, 0.25) is 0 Å². The average Bonchev–Trinajstić information content (AvgIpc) is 2.53. The number of oxime groups is 1. The predicted octanol–water partition coefficient (Wildman–Crippen LogP) is 2.96. The van der Waals surface area contributed by atoms with Crippen LogP contribution in [-0.2, 0) is 6.54 Å². The maximum absolute atomic E-state index is 8.80. The number of rotatable bonds is 6. The highest BCUT2D eigenvalue weighted by Crippen LogP contribution is 2.18. The lowest BCUT2D eigenvalue weighted by Gasteiger charge is -2.19. The predicted molar refractivity (Wildman–Crippen MR) is 85.2 cm³/mol. The Morgan fingerprint density at radius 2 is 1.81 bits per heavy atom. The molecule has 0 heterocycles. The molecule has 2 rings (SSSR count). The summed E-state index contributed by atoms with van der Waals surface area (Å²) < 4.78 is 0. The zero-order chi connectivity index (χ0) is 15.1. The van der Waals surface area contributed by atoms with E-state index in [0.717, 1.165) is 12.1 Å². The topological polar surface area (TPSA) is 70.6 Å². The molecule has 0 fully saturated rings. The van der Waals surface area contributed by atoms with Crippen LogP contribution in [-0.4, -0.2) is 11.0 Å². The van der Waals surface area contributed by atoms with Crippen LogP contribution < -0.4 is 11.1 Å². The second-order valence-corrected chi connectivity index (χ2v) is 5.07. The number of amidine groups is 1. The Kier molecular flexibility index (Phi) is 5.35. The van der Waals surface area contributed by atoms with Gasteiger partial charge in [0.05, 0.1) is 0 Å². The van der Waals surface area contributed by atoms with E-state index in [1.54, 1.807) is 0 Å². The summed E-state index contributed by atoms with van der Waals surface area (Å²) in [5, 5.41) is 15.4. The van der Waals surface area contributed by atoms with Gasteiger partial charge in [0, 0.05) is 19.0 Å². The van der Waals surface area contributed by atoms with Crippen LogP contribution in [0.1, 0.15) is 29.2 Å². The maximum atomic E-state index is 8.80. The monoisotopic (exact) mass is 283 g/mol. The quantitative estimate of drug-likeness (QED) is 0.330. The molecular weight excluding hydrogens is 262 g/mol. The lowest BCUT2D eigenvalue weighted by atomic mass is 10.0. The molecule has 2 aromatic carbocycles. The molecule has 1 unspecified atom stereocenters. The summed E-state index contributed by atoms with van der Waals surface area (Å²) in [6.07, 6.45) is 0.465. The van der Waals surface area contributed by atoms with Gasteiger partial charge in [-0.2, -0.15) is 0 Å². The summed E-state index contributed by atoms with van der Waals surface area (Å²) in [5.41, 5.74) is 9.29. The summed E-state index contributed by atoms with van der Waals surface area (Å²) in [6.45, 7) is 2.84. The molecule has 0 saturated heterocycles. The molecule has 0 radical (unpaired) electrons. The van der Waals surface area contributed by atoms with Gasteiger partial charge in [0.15, 0.2) is 0 Å². The summed E-state index contributed by atoms with van der Waals surface area (Å²) >= 11 is 0. The standard InChI is InChI=1S/C17H21N3O/c1-13-7-5-6-10-15(13)12-19-16(11-17(18)20-21)14-8-3-2-4-9-14/h2-10,16,19,21H,11-12H2,1H3,(H2,18,20). The van der Waals surface area contributed by atoms with Crippen LogP contribution in [0.25, 0.3) is 0 Å². The molecule has 4 heteroatoms. The largest absolute Gasteiger partial charge is 0.409 e. The fourth-order valence-electron chi connectivity index (χ4n) is 2.28. The summed E-state index contributed by atoms with van der Waals surface area (Å²) in [4.78, 5) is 0. The highest BCUT2D eigenvalue weighted by molar-refractivity contribution is 5.80. The molecule has 0 aromatic heterocycles. The van der Waals surface area contributed by atoms with Crippen molar-refractivity contribution in [2.45, 2.75) is 25.9 Å². The van der Waals surface area contributed by atoms with Gasteiger partial charge in [-0.05, 0) is 23.6 Å². The van der Waals surface area contributed by atoms with E-state index in [2.05, 4.69) is 29.5 Å².